The van der Waals surface area contributed by atoms with Crippen molar-refractivity contribution in [2.24, 2.45) is 5.10 Å². The summed E-state index contributed by atoms with van der Waals surface area (Å²) in [4.78, 5) is 11.6. The molecule has 2 amide bonds. The van der Waals surface area contributed by atoms with Gasteiger partial charge in [-0.2, -0.15) is 5.10 Å². The number of nitrogens with zero attached hydrogens (tertiary/aromatic N) is 1. The number of carbonyl (C=O) groups is 1. The van der Waals surface area contributed by atoms with Crippen LogP contribution in [0.15, 0.2) is 27.8 Å². The van der Waals surface area contributed by atoms with Crippen molar-refractivity contribution in [1.29, 1.82) is 0 Å². The zero-order valence-corrected chi connectivity index (χ0v) is 12.7. The Morgan fingerprint density at radius 1 is 1.35 bits per heavy atom. The normalized spacial score (nSPS) is 16.2. The molecule has 0 saturated heterocycles. The summed E-state index contributed by atoms with van der Waals surface area (Å²) in [6.45, 7) is 0. The summed E-state index contributed by atoms with van der Waals surface area (Å²) in [6, 6.07) is 4.96. The van der Waals surface area contributed by atoms with Gasteiger partial charge in [0.25, 0.3) is 0 Å². The van der Waals surface area contributed by atoms with Gasteiger partial charge >= 0.3 is 6.03 Å². The van der Waals surface area contributed by atoms with Crippen LogP contribution in [-0.4, -0.2) is 23.4 Å². The highest BCUT2D eigenvalue weighted by Gasteiger charge is 2.14. The van der Waals surface area contributed by atoms with Crippen LogP contribution < -0.4 is 10.7 Å². The number of rotatable bonds is 3. The van der Waals surface area contributed by atoms with E-state index in [0.717, 1.165) is 17.3 Å². The van der Waals surface area contributed by atoms with Crippen molar-refractivity contribution in [3.05, 3.63) is 28.2 Å². The van der Waals surface area contributed by atoms with E-state index in [-0.39, 0.29) is 17.8 Å². The third kappa shape index (κ3) is 4.52. The molecule has 0 bridgehead atoms. The van der Waals surface area contributed by atoms with Gasteiger partial charge in [0.2, 0.25) is 0 Å². The van der Waals surface area contributed by atoms with Crippen LogP contribution in [0.2, 0.25) is 0 Å². The molecular weight excluding hydrogens is 322 g/mol. The fourth-order valence-electron chi connectivity index (χ4n) is 2.25. The molecule has 5 nitrogen and oxygen atoms in total. The lowest BCUT2D eigenvalue weighted by Gasteiger charge is -2.22. The van der Waals surface area contributed by atoms with Gasteiger partial charge in [0.15, 0.2) is 0 Å². The van der Waals surface area contributed by atoms with Crippen LogP contribution in [0.4, 0.5) is 4.79 Å². The Labute approximate surface area is 126 Å². The quantitative estimate of drug-likeness (QED) is 0.584. The summed E-state index contributed by atoms with van der Waals surface area (Å²) in [6.07, 6.45) is 7.06. The zero-order chi connectivity index (χ0) is 14.4. The highest BCUT2D eigenvalue weighted by Crippen LogP contribution is 2.20. The van der Waals surface area contributed by atoms with Crippen molar-refractivity contribution >= 4 is 28.2 Å². The number of halogens is 1. The van der Waals surface area contributed by atoms with Gasteiger partial charge in [-0.05, 0) is 31.0 Å². The Hall–Kier alpha value is -1.56. The number of hydrogen-bond donors (Lipinski definition) is 3. The van der Waals surface area contributed by atoms with Gasteiger partial charge in [-0.1, -0.05) is 35.2 Å². The maximum absolute atomic E-state index is 11.6. The van der Waals surface area contributed by atoms with Crippen LogP contribution in [0.3, 0.4) is 0 Å². The number of hydrogen-bond acceptors (Lipinski definition) is 3. The van der Waals surface area contributed by atoms with E-state index in [4.69, 9.17) is 0 Å². The van der Waals surface area contributed by atoms with Gasteiger partial charge in [0.1, 0.15) is 5.75 Å². The second-order valence-electron chi connectivity index (χ2n) is 4.88. The molecule has 6 heteroatoms. The maximum Gasteiger partial charge on any atom is 0.335 e. The lowest BCUT2D eigenvalue weighted by Crippen LogP contribution is -2.41. The molecule has 1 aliphatic rings. The van der Waals surface area contributed by atoms with E-state index in [2.05, 4.69) is 31.8 Å². The Balaban J connectivity index is 1.83. The molecular formula is C14H18BrN3O2. The number of amides is 2. The molecule has 1 fully saturated rings. The molecule has 0 heterocycles. The van der Waals surface area contributed by atoms with Crippen LogP contribution in [0.5, 0.6) is 5.75 Å². The first kappa shape index (κ1) is 14.8. The lowest BCUT2D eigenvalue weighted by molar-refractivity contribution is 0.233. The summed E-state index contributed by atoms with van der Waals surface area (Å²) in [7, 11) is 0. The number of phenols is 1. The van der Waals surface area contributed by atoms with Crippen LogP contribution >= 0.6 is 15.9 Å². The fourth-order valence-corrected chi connectivity index (χ4v) is 2.63. The number of nitrogens with one attached hydrogen (secondary N) is 2. The van der Waals surface area contributed by atoms with Crippen LogP contribution in [0.1, 0.15) is 37.7 Å². The molecule has 108 valence electrons. The smallest absolute Gasteiger partial charge is 0.335 e. The van der Waals surface area contributed by atoms with Gasteiger partial charge in [-0.3, -0.25) is 0 Å². The lowest BCUT2D eigenvalue weighted by atomic mass is 9.96. The first-order valence-electron chi connectivity index (χ1n) is 6.73. The average molecular weight is 340 g/mol. The van der Waals surface area contributed by atoms with E-state index in [1.807, 2.05) is 0 Å². The van der Waals surface area contributed by atoms with Gasteiger partial charge in [-0.15, -0.1) is 0 Å². The van der Waals surface area contributed by atoms with Crippen molar-refractivity contribution in [3.8, 4) is 5.75 Å². The van der Waals surface area contributed by atoms with Crippen molar-refractivity contribution in [2.75, 3.05) is 0 Å². The molecule has 2 rings (SSSR count). The molecule has 0 aromatic heterocycles. The molecule has 1 aliphatic carbocycles. The molecule has 3 N–H and O–H groups in total. The molecule has 0 aliphatic heterocycles. The van der Waals surface area contributed by atoms with E-state index >= 15 is 0 Å². The Morgan fingerprint density at radius 3 is 2.85 bits per heavy atom. The summed E-state index contributed by atoms with van der Waals surface area (Å²) < 4.78 is 0.836. The number of benzene rings is 1. The molecule has 0 radical (unpaired) electrons. The third-order valence-corrected chi connectivity index (χ3v) is 3.79. The first-order chi connectivity index (χ1) is 9.65. The highest BCUT2D eigenvalue weighted by molar-refractivity contribution is 9.10. The highest BCUT2D eigenvalue weighted by atomic mass is 79.9. The fraction of sp³-hybridized carbons (Fsp3) is 0.429. The summed E-state index contributed by atoms with van der Waals surface area (Å²) in [5.74, 6) is 0.117. The van der Waals surface area contributed by atoms with Crippen LogP contribution in [0, 0.1) is 0 Å². The monoisotopic (exact) mass is 339 g/mol. The van der Waals surface area contributed by atoms with E-state index < -0.39 is 0 Å². The number of urea groups is 1. The number of hydrazone groups is 1. The minimum Gasteiger partial charge on any atom is -0.507 e. The predicted octanol–water partition coefficient (Wildman–Crippen LogP) is 3.12. The number of phenolic OH excluding ortho intramolecular Hbond substituents is 1. The number of aromatic hydroxyl groups is 1. The number of carbonyl (C=O) groups excluding carboxylic acids is 1. The van der Waals surface area contributed by atoms with E-state index in [0.29, 0.717) is 5.56 Å². The van der Waals surface area contributed by atoms with Crippen molar-refractivity contribution in [1.82, 2.24) is 10.7 Å². The minimum absolute atomic E-state index is 0.117. The molecule has 0 atom stereocenters. The minimum atomic E-state index is -0.303. The largest absolute Gasteiger partial charge is 0.507 e. The van der Waals surface area contributed by atoms with Gasteiger partial charge in [0, 0.05) is 16.1 Å². The second kappa shape index (κ2) is 7.28. The zero-order valence-electron chi connectivity index (χ0n) is 11.1. The average Bonchev–Trinajstić information content (AvgIpc) is 2.44. The maximum atomic E-state index is 11.6. The van der Waals surface area contributed by atoms with Gasteiger partial charge < -0.3 is 10.4 Å². The Bertz CT molecular complexity index is 499. The predicted molar refractivity (Wildman–Crippen MR) is 81.9 cm³/mol. The van der Waals surface area contributed by atoms with Gasteiger partial charge in [0.05, 0.1) is 6.21 Å². The van der Waals surface area contributed by atoms with E-state index in [1.165, 1.54) is 25.5 Å². The third-order valence-electron chi connectivity index (χ3n) is 3.30. The first-order valence-corrected chi connectivity index (χ1v) is 7.52. The summed E-state index contributed by atoms with van der Waals surface area (Å²) in [5.41, 5.74) is 2.96. The van der Waals surface area contributed by atoms with E-state index in [9.17, 15) is 9.90 Å². The molecule has 0 spiro atoms. The van der Waals surface area contributed by atoms with Gasteiger partial charge in [-0.25, -0.2) is 10.2 Å². The molecule has 1 aromatic rings. The molecule has 1 saturated carbocycles. The summed E-state index contributed by atoms with van der Waals surface area (Å²) in [5, 5.41) is 16.4. The standard InChI is InChI=1S/C14H18BrN3O2/c15-11-6-7-13(19)10(8-11)9-16-18-14(20)17-12-4-2-1-3-5-12/h6-9,12,19H,1-5H2,(H2,17,18,20). The van der Waals surface area contributed by atoms with Crippen molar-refractivity contribution < 1.29 is 9.90 Å². The SMILES string of the molecule is O=C(NN=Cc1cc(Br)ccc1O)NC1CCCCC1. The van der Waals surface area contributed by atoms with E-state index in [1.54, 1.807) is 18.2 Å². The Morgan fingerprint density at radius 2 is 2.10 bits per heavy atom. The summed E-state index contributed by atoms with van der Waals surface area (Å²) >= 11 is 3.31. The topological polar surface area (TPSA) is 73.7 Å². The van der Waals surface area contributed by atoms with Crippen LogP contribution in [-0.2, 0) is 0 Å². The van der Waals surface area contributed by atoms with Crippen molar-refractivity contribution in [3.63, 3.8) is 0 Å². The molecule has 0 unspecified atom stereocenters. The van der Waals surface area contributed by atoms with Crippen LogP contribution in [0.25, 0.3) is 0 Å². The van der Waals surface area contributed by atoms with Crippen molar-refractivity contribution in [2.45, 2.75) is 38.1 Å². The second-order valence-corrected chi connectivity index (χ2v) is 5.80. The Kier molecular flexibility index (Phi) is 5.40. The molecule has 1 aromatic carbocycles. The molecule has 20 heavy (non-hydrogen) atoms.